The maximum Gasteiger partial charge on any atom is 0.258 e. The fraction of sp³-hybridized carbons (Fsp3) is 0.316. The van der Waals surface area contributed by atoms with E-state index in [1.165, 1.54) is 11.1 Å². The van der Waals surface area contributed by atoms with Crippen LogP contribution in [0.15, 0.2) is 42.5 Å². The minimum Gasteiger partial charge on any atom is -0.497 e. The van der Waals surface area contributed by atoms with Gasteiger partial charge in [0.15, 0.2) is 0 Å². The zero-order valence-corrected chi connectivity index (χ0v) is 13.1. The first-order valence-electron chi connectivity index (χ1n) is 7.80. The van der Waals surface area contributed by atoms with Crippen LogP contribution >= 0.6 is 0 Å². The molecule has 0 spiro atoms. The van der Waals surface area contributed by atoms with Crippen molar-refractivity contribution < 1.29 is 9.53 Å². The highest BCUT2D eigenvalue weighted by atomic mass is 16.5. The lowest BCUT2D eigenvalue weighted by atomic mass is 10.00. The van der Waals surface area contributed by atoms with Gasteiger partial charge in [-0.1, -0.05) is 19.1 Å². The van der Waals surface area contributed by atoms with Gasteiger partial charge in [0.25, 0.3) is 5.91 Å². The van der Waals surface area contributed by atoms with Crippen molar-refractivity contribution in [3.8, 4) is 5.75 Å². The molecule has 0 aromatic heterocycles. The molecule has 3 heteroatoms. The minimum absolute atomic E-state index is 0.0846. The van der Waals surface area contributed by atoms with Crippen LogP contribution in [-0.2, 0) is 12.8 Å². The second kappa shape index (κ2) is 6.22. The van der Waals surface area contributed by atoms with E-state index in [9.17, 15) is 4.79 Å². The number of fused-ring (bicyclic) bond motifs is 1. The number of anilines is 1. The molecule has 22 heavy (non-hydrogen) atoms. The van der Waals surface area contributed by atoms with Crippen molar-refractivity contribution in [2.24, 2.45) is 0 Å². The molecule has 1 amide bonds. The third kappa shape index (κ3) is 2.71. The predicted molar refractivity (Wildman–Crippen MR) is 88.8 cm³/mol. The Morgan fingerprint density at radius 2 is 2.09 bits per heavy atom. The lowest BCUT2D eigenvalue weighted by Crippen LogP contribution is -2.35. The van der Waals surface area contributed by atoms with Gasteiger partial charge in [-0.25, -0.2) is 0 Å². The quantitative estimate of drug-likeness (QED) is 0.860. The highest BCUT2D eigenvalue weighted by Crippen LogP contribution is 2.31. The normalized spacial score (nSPS) is 13.6. The zero-order valence-electron chi connectivity index (χ0n) is 13.1. The third-order valence-corrected chi connectivity index (χ3v) is 4.23. The Morgan fingerprint density at radius 3 is 2.86 bits per heavy atom. The van der Waals surface area contributed by atoms with Crippen LogP contribution in [0.4, 0.5) is 5.69 Å². The number of amides is 1. The summed E-state index contributed by atoms with van der Waals surface area (Å²) in [5, 5.41) is 0. The average molecular weight is 295 g/mol. The SMILES string of the molecule is CCc1cccc(C(=O)N2CCCc3cc(OC)ccc32)c1. The number of carbonyl (C=O) groups excluding carboxylic acids is 1. The summed E-state index contributed by atoms with van der Waals surface area (Å²) >= 11 is 0. The van der Waals surface area contributed by atoms with Crippen LogP contribution in [-0.4, -0.2) is 19.6 Å². The summed E-state index contributed by atoms with van der Waals surface area (Å²) < 4.78 is 5.29. The van der Waals surface area contributed by atoms with E-state index < -0.39 is 0 Å². The Bertz CT molecular complexity index is 694. The summed E-state index contributed by atoms with van der Waals surface area (Å²) in [7, 11) is 1.67. The second-order valence-electron chi connectivity index (χ2n) is 5.61. The van der Waals surface area contributed by atoms with E-state index in [1.807, 2.05) is 41.3 Å². The molecular formula is C19H21NO2. The highest BCUT2D eigenvalue weighted by Gasteiger charge is 2.24. The van der Waals surface area contributed by atoms with Gasteiger partial charge in [-0.3, -0.25) is 4.79 Å². The summed E-state index contributed by atoms with van der Waals surface area (Å²) in [6.45, 7) is 2.88. The van der Waals surface area contributed by atoms with Gasteiger partial charge >= 0.3 is 0 Å². The van der Waals surface area contributed by atoms with Crippen molar-refractivity contribution in [1.29, 1.82) is 0 Å². The molecule has 1 heterocycles. The molecule has 3 nitrogen and oxygen atoms in total. The number of ether oxygens (including phenoxy) is 1. The lowest BCUT2D eigenvalue weighted by molar-refractivity contribution is 0.0985. The maximum absolute atomic E-state index is 12.9. The van der Waals surface area contributed by atoms with Crippen LogP contribution in [0.5, 0.6) is 5.75 Å². The van der Waals surface area contributed by atoms with Gasteiger partial charge in [-0.05, 0) is 60.7 Å². The maximum atomic E-state index is 12.9. The Balaban J connectivity index is 1.94. The van der Waals surface area contributed by atoms with Crippen molar-refractivity contribution in [3.63, 3.8) is 0 Å². The summed E-state index contributed by atoms with van der Waals surface area (Å²) in [5.74, 6) is 0.933. The van der Waals surface area contributed by atoms with Crippen molar-refractivity contribution in [2.45, 2.75) is 26.2 Å². The summed E-state index contributed by atoms with van der Waals surface area (Å²) in [5.41, 5.74) is 4.16. The van der Waals surface area contributed by atoms with Gasteiger partial charge in [-0.15, -0.1) is 0 Å². The van der Waals surface area contributed by atoms with E-state index in [4.69, 9.17) is 4.74 Å². The van der Waals surface area contributed by atoms with E-state index in [0.717, 1.165) is 42.8 Å². The molecule has 2 aromatic rings. The third-order valence-electron chi connectivity index (χ3n) is 4.23. The van der Waals surface area contributed by atoms with Gasteiger partial charge in [0.1, 0.15) is 5.75 Å². The van der Waals surface area contributed by atoms with Crippen molar-refractivity contribution in [2.75, 3.05) is 18.6 Å². The Hall–Kier alpha value is -2.29. The van der Waals surface area contributed by atoms with Gasteiger partial charge in [0.2, 0.25) is 0 Å². The molecule has 1 aliphatic heterocycles. The largest absolute Gasteiger partial charge is 0.497 e. The van der Waals surface area contributed by atoms with Crippen LogP contribution < -0.4 is 9.64 Å². The molecule has 0 fully saturated rings. The monoisotopic (exact) mass is 295 g/mol. The molecule has 0 radical (unpaired) electrons. The van der Waals surface area contributed by atoms with Crippen LogP contribution in [0.3, 0.4) is 0 Å². The van der Waals surface area contributed by atoms with Crippen molar-refractivity contribution in [3.05, 3.63) is 59.2 Å². The molecular weight excluding hydrogens is 274 g/mol. The van der Waals surface area contributed by atoms with Crippen LogP contribution in [0.2, 0.25) is 0 Å². The molecule has 3 rings (SSSR count). The van der Waals surface area contributed by atoms with Crippen LogP contribution in [0.1, 0.15) is 34.8 Å². The predicted octanol–water partition coefficient (Wildman–Crippen LogP) is 3.85. The number of aryl methyl sites for hydroxylation is 2. The first-order chi connectivity index (χ1) is 10.7. The van der Waals surface area contributed by atoms with Crippen LogP contribution in [0.25, 0.3) is 0 Å². The standard InChI is InChI=1S/C19H21NO2/c1-3-14-6-4-7-16(12-14)19(21)20-11-5-8-15-13-17(22-2)9-10-18(15)20/h4,6-7,9-10,12-13H,3,5,8,11H2,1-2H3. The van der Waals surface area contributed by atoms with E-state index in [0.29, 0.717) is 0 Å². The molecule has 0 atom stereocenters. The Kier molecular flexibility index (Phi) is 4.14. The number of rotatable bonds is 3. The Labute approximate surface area is 131 Å². The van der Waals surface area contributed by atoms with Gasteiger partial charge in [0.05, 0.1) is 7.11 Å². The smallest absolute Gasteiger partial charge is 0.258 e. The fourth-order valence-corrected chi connectivity index (χ4v) is 2.99. The van der Waals surface area contributed by atoms with Gasteiger partial charge < -0.3 is 9.64 Å². The molecule has 114 valence electrons. The highest BCUT2D eigenvalue weighted by molar-refractivity contribution is 6.06. The molecule has 0 N–H and O–H groups in total. The number of hydrogen-bond acceptors (Lipinski definition) is 2. The van der Waals surface area contributed by atoms with Gasteiger partial charge in [0, 0.05) is 17.8 Å². The molecule has 1 aliphatic rings. The van der Waals surface area contributed by atoms with E-state index in [1.54, 1.807) is 7.11 Å². The zero-order chi connectivity index (χ0) is 15.5. The first kappa shape index (κ1) is 14.6. The Morgan fingerprint density at radius 1 is 1.23 bits per heavy atom. The first-order valence-corrected chi connectivity index (χ1v) is 7.80. The summed E-state index contributed by atoms with van der Waals surface area (Å²) in [6, 6.07) is 13.9. The number of carbonyl (C=O) groups is 1. The topological polar surface area (TPSA) is 29.5 Å². The fourth-order valence-electron chi connectivity index (χ4n) is 2.99. The van der Waals surface area contributed by atoms with Crippen LogP contribution in [0, 0.1) is 0 Å². The van der Waals surface area contributed by atoms with E-state index in [-0.39, 0.29) is 5.91 Å². The van der Waals surface area contributed by atoms with E-state index >= 15 is 0 Å². The number of methoxy groups -OCH3 is 1. The van der Waals surface area contributed by atoms with E-state index in [2.05, 4.69) is 13.0 Å². The summed E-state index contributed by atoms with van der Waals surface area (Å²) in [6.07, 6.45) is 2.92. The summed E-state index contributed by atoms with van der Waals surface area (Å²) in [4.78, 5) is 14.8. The number of benzene rings is 2. The van der Waals surface area contributed by atoms with Crippen molar-refractivity contribution >= 4 is 11.6 Å². The molecule has 2 aromatic carbocycles. The molecule has 0 saturated carbocycles. The molecule has 0 aliphatic carbocycles. The van der Waals surface area contributed by atoms with Gasteiger partial charge in [-0.2, -0.15) is 0 Å². The lowest BCUT2D eigenvalue weighted by Gasteiger charge is -2.30. The average Bonchev–Trinajstić information content (AvgIpc) is 2.60. The molecule has 0 saturated heterocycles. The minimum atomic E-state index is 0.0846. The van der Waals surface area contributed by atoms with Crippen molar-refractivity contribution in [1.82, 2.24) is 0 Å². The molecule has 0 bridgehead atoms. The second-order valence-corrected chi connectivity index (χ2v) is 5.61. The number of nitrogens with zero attached hydrogens (tertiary/aromatic N) is 1. The molecule has 0 unspecified atom stereocenters. The number of hydrogen-bond donors (Lipinski definition) is 0.